The number of fused-ring (bicyclic) bond motifs is 2. The fraction of sp³-hybridized carbons (Fsp3) is 0.133. The number of hydrogen-bond acceptors (Lipinski definition) is 4. The van der Waals surface area contributed by atoms with E-state index in [9.17, 15) is 9.59 Å². The monoisotopic (exact) mass is 487 g/mol. The number of nitrogens with one attached hydrogen (secondary N) is 1. The number of carbonyl (C=O) groups excluding carboxylic acids is 1. The summed E-state index contributed by atoms with van der Waals surface area (Å²) in [5, 5.41) is 3.02. The van der Waals surface area contributed by atoms with E-state index in [0.29, 0.717) is 41.2 Å². The molecule has 7 heteroatoms. The van der Waals surface area contributed by atoms with Crippen molar-refractivity contribution in [2.24, 2.45) is 0 Å². The van der Waals surface area contributed by atoms with Crippen molar-refractivity contribution in [3.63, 3.8) is 0 Å². The third-order valence-electron chi connectivity index (χ3n) is 6.61. The second kappa shape index (κ2) is 9.70. The Morgan fingerprint density at radius 3 is 2.65 bits per heavy atom. The lowest BCUT2D eigenvalue weighted by molar-refractivity contribution is 0.256. The minimum absolute atomic E-state index is 0.195. The van der Waals surface area contributed by atoms with E-state index in [1.165, 1.54) is 5.56 Å². The highest BCUT2D eigenvalue weighted by Gasteiger charge is 2.22. The zero-order valence-corrected chi connectivity index (χ0v) is 20.2. The van der Waals surface area contributed by atoms with Gasteiger partial charge in [0.2, 0.25) is 0 Å². The van der Waals surface area contributed by atoms with Crippen LogP contribution in [0.3, 0.4) is 0 Å². The van der Waals surface area contributed by atoms with Gasteiger partial charge in [-0.2, -0.15) is 0 Å². The maximum atomic E-state index is 13.7. The summed E-state index contributed by atoms with van der Waals surface area (Å²) in [6.07, 6.45) is 3.94. The topological polar surface area (TPSA) is 80.1 Å². The first-order valence-electron chi connectivity index (χ1n) is 12.3. The second-order valence-electron chi connectivity index (χ2n) is 9.07. The van der Waals surface area contributed by atoms with Crippen LogP contribution in [0.25, 0.3) is 16.9 Å². The fourth-order valence-corrected chi connectivity index (χ4v) is 4.87. The molecule has 0 spiro atoms. The number of rotatable bonds is 4. The van der Waals surface area contributed by atoms with Crippen LogP contribution in [-0.4, -0.2) is 27.1 Å². The molecule has 0 bridgehead atoms. The number of aromatic nitrogens is 3. The Morgan fingerprint density at radius 2 is 1.76 bits per heavy atom. The first-order valence-corrected chi connectivity index (χ1v) is 12.3. The number of para-hydroxylation sites is 1. The lowest BCUT2D eigenvalue weighted by Crippen LogP contribution is -2.38. The first kappa shape index (κ1) is 22.7. The smallest absolute Gasteiger partial charge is 0.307 e. The van der Waals surface area contributed by atoms with Crippen LogP contribution < -0.4 is 15.8 Å². The molecule has 2 amide bonds. The van der Waals surface area contributed by atoms with E-state index in [2.05, 4.69) is 21.4 Å². The molecule has 5 aromatic rings. The van der Waals surface area contributed by atoms with Crippen molar-refractivity contribution in [3.8, 4) is 5.69 Å². The average molecular weight is 488 g/mol. The molecule has 3 heterocycles. The maximum absolute atomic E-state index is 13.7. The van der Waals surface area contributed by atoms with Gasteiger partial charge in [-0.3, -0.25) is 14.3 Å². The molecule has 7 nitrogen and oxygen atoms in total. The number of anilines is 2. The highest BCUT2D eigenvalue weighted by Crippen LogP contribution is 2.27. The Kier molecular flexibility index (Phi) is 5.94. The van der Waals surface area contributed by atoms with Gasteiger partial charge in [-0.1, -0.05) is 54.6 Å². The Labute approximate surface area is 214 Å². The molecular weight excluding hydrogens is 462 g/mol. The molecule has 0 fully saturated rings. The first-order chi connectivity index (χ1) is 18.2. The number of amides is 2. The quantitative estimate of drug-likeness (QED) is 0.370. The van der Waals surface area contributed by atoms with Gasteiger partial charge in [0.25, 0.3) is 5.56 Å². The molecule has 0 atom stereocenters. The minimum Gasteiger partial charge on any atom is -0.307 e. The van der Waals surface area contributed by atoms with Crippen molar-refractivity contribution in [1.82, 2.24) is 14.5 Å². The number of pyridine rings is 1. The van der Waals surface area contributed by atoms with Crippen molar-refractivity contribution in [2.45, 2.75) is 19.3 Å². The Balaban J connectivity index is 1.37. The van der Waals surface area contributed by atoms with Crippen molar-refractivity contribution < 1.29 is 4.79 Å². The SMILES string of the molecule is O=C(Nc1cccc(-n2c(=O)c(Cc3ccccc3)nc3cccnc32)c1)N1CCCc2ccccc21. The van der Waals surface area contributed by atoms with Crippen molar-refractivity contribution in [2.75, 3.05) is 16.8 Å². The largest absolute Gasteiger partial charge is 0.326 e. The molecule has 1 N–H and O–H groups in total. The molecule has 0 saturated carbocycles. The van der Waals surface area contributed by atoms with E-state index < -0.39 is 0 Å². The number of aryl methyl sites for hydroxylation is 1. The van der Waals surface area contributed by atoms with Crippen LogP contribution in [0.2, 0.25) is 0 Å². The van der Waals surface area contributed by atoms with Crippen LogP contribution in [0.15, 0.2) is 102 Å². The van der Waals surface area contributed by atoms with E-state index in [4.69, 9.17) is 0 Å². The van der Waals surface area contributed by atoms with Crippen LogP contribution in [0, 0.1) is 0 Å². The molecule has 6 rings (SSSR count). The zero-order chi connectivity index (χ0) is 25.2. The van der Waals surface area contributed by atoms with Gasteiger partial charge in [-0.25, -0.2) is 14.8 Å². The molecular formula is C30H25N5O2. The average Bonchev–Trinajstić information content (AvgIpc) is 2.94. The van der Waals surface area contributed by atoms with Gasteiger partial charge in [-0.15, -0.1) is 0 Å². The summed E-state index contributed by atoms with van der Waals surface area (Å²) < 4.78 is 1.58. The predicted molar refractivity (Wildman–Crippen MR) is 146 cm³/mol. The maximum Gasteiger partial charge on any atom is 0.326 e. The summed E-state index contributed by atoms with van der Waals surface area (Å²) in [5.41, 5.74) is 5.63. The second-order valence-corrected chi connectivity index (χ2v) is 9.07. The van der Waals surface area contributed by atoms with Crippen molar-refractivity contribution in [3.05, 3.63) is 124 Å². The van der Waals surface area contributed by atoms with Crippen LogP contribution in [0.4, 0.5) is 16.2 Å². The standard InChI is InChI=1S/C30H25N5O2/c36-29-26(19-21-9-2-1-3-10-21)33-25-15-7-17-31-28(25)35(29)24-14-6-13-23(20-24)32-30(37)34-18-8-12-22-11-4-5-16-27(22)34/h1-7,9-11,13-17,20H,8,12,18-19H2,(H,32,37). The van der Waals surface area contributed by atoms with Crippen molar-refractivity contribution in [1.29, 1.82) is 0 Å². The summed E-state index contributed by atoms with van der Waals surface area (Å²) >= 11 is 0. The Morgan fingerprint density at radius 1 is 0.919 bits per heavy atom. The number of benzene rings is 3. The Bertz CT molecular complexity index is 1660. The molecule has 2 aromatic heterocycles. The van der Waals surface area contributed by atoms with Gasteiger partial charge in [0.15, 0.2) is 5.65 Å². The number of carbonyl (C=O) groups is 1. The lowest BCUT2D eigenvalue weighted by Gasteiger charge is -2.29. The number of nitrogens with zero attached hydrogens (tertiary/aromatic N) is 4. The van der Waals surface area contributed by atoms with Gasteiger partial charge in [0.1, 0.15) is 11.2 Å². The molecule has 0 aliphatic carbocycles. The zero-order valence-electron chi connectivity index (χ0n) is 20.2. The van der Waals surface area contributed by atoms with Crippen LogP contribution in [0.1, 0.15) is 23.2 Å². The van der Waals surface area contributed by atoms with E-state index in [1.807, 2.05) is 78.9 Å². The van der Waals surface area contributed by atoms with Gasteiger partial charge in [0, 0.05) is 30.5 Å². The fourth-order valence-electron chi connectivity index (χ4n) is 4.87. The third kappa shape index (κ3) is 4.47. The van der Waals surface area contributed by atoms with Gasteiger partial charge in [-0.05, 0) is 60.4 Å². The highest BCUT2D eigenvalue weighted by atomic mass is 16.2. The number of hydrogen-bond donors (Lipinski definition) is 1. The molecule has 1 aliphatic rings. The predicted octanol–water partition coefficient (Wildman–Crippen LogP) is 5.36. The summed E-state index contributed by atoms with van der Waals surface area (Å²) in [7, 11) is 0. The van der Waals surface area contributed by atoms with Gasteiger partial charge >= 0.3 is 6.03 Å². The van der Waals surface area contributed by atoms with E-state index in [-0.39, 0.29) is 11.6 Å². The van der Waals surface area contributed by atoms with Crippen molar-refractivity contribution >= 4 is 28.6 Å². The molecule has 37 heavy (non-hydrogen) atoms. The minimum atomic E-state index is -0.233. The molecule has 182 valence electrons. The van der Waals surface area contributed by atoms with Crippen LogP contribution in [-0.2, 0) is 12.8 Å². The summed E-state index contributed by atoms with van der Waals surface area (Å²) in [6.45, 7) is 0.657. The number of urea groups is 1. The van der Waals surface area contributed by atoms with E-state index in [1.54, 1.807) is 21.7 Å². The third-order valence-corrected chi connectivity index (χ3v) is 6.61. The lowest BCUT2D eigenvalue weighted by atomic mass is 10.0. The summed E-state index contributed by atoms with van der Waals surface area (Å²) in [4.78, 5) is 37.8. The Hall–Kier alpha value is -4.78. The van der Waals surface area contributed by atoms with E-state index >= 15 is 0 Å². The van der Waals surface area contributed by atoms with E-state index in [0.717, 1.165) is 24.1 Å². The molecule has 0 radical (unpaired) electrons. The van der Waals surface area contributed by atoms with Crippen LogP contribution in [0.5, 0.6) is 0 Å². The molecule has 3 aromatic carbocycles. The summed E-state index contributed by atoms with van der Waals surface area (Å²) in [5.74, 6) is 0. The van der Waals surface area contributed by atoms with Gasteiger partial charge in [0.05, 0.1) is 5.69 Å². The summed E-state index contributed by atoms with van der Waals surface area (Å²) in [6, 6.07) is 28.6. The normalized spacial score (nSPS) is 12.8. The van der Waals surface area contributed by atoms with Gasteiger partial charge < -0.3 is 5.32 Å². The van der Waals surface area contributed by atoms with Crippen LogP contribution >= 0.6 is 0 Å². The molecule has 0 unspecified atom stereocenters. The molecule has 0 saturated heterocycles. The highest BCUT2D eigenvalue weighted by molar-refractivity contribution is 6.02. The molecule has 1 aliphatic heterocycles.